The minimum atomic E-state index is -0.473. The Hall–Kier alpha value is -0.157. The summed E-state index contributed by atoms with van der Waals surface area (Å²) in [6, 6.07) is 0. The quantitative estimate of drug-likeness (QED) is 0.664. The molecule has 0 N–H and O–H groups in total. The molecule has 0 nitrogen and oxygen atoms in total. The van der Waals surface area contributed by atoms with E-state index in [0.29, 0.717) is 0 Å². The summed E-state index contributed by atoms with van der Waals surface area (Å²) in [5, 5.41) is 0. The van der Waals surface area contributed by atoms with Crippen LogP contribution in [-0.2, 0) is 23.2 Å². The fraction of sp³-hybridized carbons (Fsp3) is 0.429. The molecule has 1 aliphatic carbocycles. The van der Waals surface area contributed by atoms with Gasteiger partial charge in [0.05, 0.1) is 0 Å². The van der Waals surface area contributed by atoms with E-state index in [0.717, 1.165) is 0 Å². The zero-order valence-corrected chi connectivity index (χ0v) is 12.9. The predicted molar refractivity (Wildman–Crippen MR) is 64.3 cm³/mol. The Morgan fingerprint density at radius 3 is 2.47 bits per heavy atom. The summed E-state index contributed by atoms with van der Waals surface area (Å²) in [6.07, 6.45) is 8.02. The van der Waals surface area contributed by atoms with Gasteiger partial charge in [0, 0.05) is 0 Å². The van der Waals surface area contributed by atoms with Crippen LogP contribution in [0.4, 0.5) is 0 Å². The summed E-state index contributed by atoms with van der Waals surface area (Å²) >= 11 is -0.473. The van der Waals surface area contributed by atoms with Crippen LogP contribution in [0.3, 0.4) is 0 Å². The summed E-state index contributed by atoms with van der Waals surface area (Å²) < 4.78 is 3.42. The maximum atomic E-state index is 2.33. The third kappa shape index (κ3) is 3.42. The van der Waals surface area contributed by atoms with Gasteiger partial charge in [-0.1, -0.05) is 0 Å². The summed E-state index contributed by atoms with van der Waals surface area (Å²) in [5.41, 5.74) is 4.50. The van der Waals surface area contributed by atoms with Crippen molar-refractivity contribution in [1.82, 2.24) is 0 Å². The van der Waals surface area contributed by atoms with Crippen molar-refractivity contribution in [3.05, 3.63) is 41.5 Å². The molecule has 0 amide bonds. The number of allylic oxidation sites excluding steroid dienone is 8. The average Bonchev–Trinajstić information content (AvgIpc) is 2.62. The third-order valence-electron chi connectivity index (χ3n) is 3.09. The maximum absolute atomic E-state index is 2.33. The Bertz CT molecular complexity index is 365. The average molecular weight is 280 g/mol. The van der Waals surface area contributed by atoms with Crippen LogP contribution in [0.5, 0.6) is 0 Å². The molecule has 0 aromatic rings. The van der Waals surface area contributed by atoms with Gasteiger partial charge >= 0.3 is 106 Å². The zero-order valence-electron chi connectivity index (χ0n) is 10.4. The van der Waals surface area contributed by atoms with Crippen molar-refractivity contribution in [2.45, 2.75) is 41.0 Å². The standard InChI is InChI=1S/C8H13.C6H7.Zr/c1-5-7(3)8(4)6-2;1-6-4-2-3-5-6;/h5H,1-4H3;2,4H,3H2,1H3;/b7-5+,8-6?;;. The molecule has 0 fully saturated rings. The van der Waals surface area contributed by atoms with E-state index in [1.54, 1.807) is 6.56 Å². The molecular weight excluding hydrogens is 259 g/mol. The van der Waals surface area contributed by atoms with E-state index in [-0.39, 0.29) is 0 Å². The van der Waals surface area contributed by atoms with Gasteiger partial charge in [0.2, 0.25) is 0 Å². The second kappa shape index (κ2) is 5.80. The van der Waals surface area contributed by atoms with Crippen molar-refractivity contribution >= 4 is 0 Å². The van der Waals surface area contributed by atoms with Crippen molar-refractivity contribution in [2.24, 2.45) is 0 Å². The first-order valence-electron chi connectivity index (χ1n) is 5.50. The molecule has 0 spiro atoms. The SMILES string of the molecule is C/C=C(C)/C(C)=[C](\C)[Zr][C]1=C(C)C=CC1. The van der Waals surface area contributed by atoms with Gasteiger partial charge in [-0.25, -0.2) is 0 Å². The van der Waals surface area contributed by atoms with E-state index in [2.05, 4.69) is 52.8 Å². The molecule has 1 heteroatoms. The number of hydrogen-bond donors (Lipinski definition) is 0. The summed E-state index contributed by atoms with van der Waals surface area (Å²) in [4.78, 5) is 0. The van der Waals surface area contributed by atoms with Crippen LogP contribution >= 0.6 is 0 Å². The first kappa shape index (κ1) is 12.9. The number of rotatable bonds is 3. The van der Waals surface area contributed by atoms with Crippen LogP contribution in [0, 0.1) is 0 Å². The molecule has 0 unspecified atom stereocenters. The van der Waals surface area contributed by atoms with E-state index in [4.69, 9.17) is 0 Å². The molecule has 0 heterocycles. The molecule has 0 aliphatic heterocycles. The molecular formula is C14H20Zr. The fourth-order valence-corrected chi connectivity index (χ4v) is 4.89. The van der Waals surface area contributed by atoms with Crippen molar-refractivity contribution < 1.29 is 23.2 Å². The first-order chi connectivity index (χ1) is 7.06. The van der Waals surface area contributed by atoms with Crippen molar-refractivity contribution in [3.8, 4) is 0 Å². The molecule has 0 aromatic carbocycles. The van der Waals surface area contributed by atoms with Crippen molar-refractivity contribution in [3.63, 3.8) is 0 Å². The number of hydrogen-bond acceptors (Lipinski definition) is 0. The van der Waals surface area contributed by atoms with Gasteiger partial charge in [-0.15, -0.1) is 0 Å². The third-order valence-corrected chi connectivity index (χ3v) is 7.15. The van der Waals surface area contributed by atoms with E-state index in [1.807, 2.05) is 0 Å². The Kier molecular flexibility index (Phi) is 4.99. The Morgan fingerprint density at radius 2 is 2.00 bits per heavy atom. The molecule has 80 valence electrons. The molecule has 0 bridgehead atoms. The molecule has 0 saturated carbocycles. The van der Waals surface area contributed by atoms with Gasteiger partial charge in [-0.3, -0.25) is 0 Å². The zero-order chi connectivity index (χ0) is 11.4. The van der Waals surface area contributed by atoms with Crippen molar-refractivity contribution in [2.75, 3.05) is 0 Å². The normalized spacial score (nSPS) is 18.3. The molecule has 0 radical (unpaired) electrons. The second-order valence-electron chi connectivity index (χ2n) is 4.11. The molecule has 1 aliphatic rings. The van der Waals surface area contributed by atoms with Crippen LogP contribution in [0.25, 0.3) is 0 Å². The molecule has 0 aromatic heterocycles. The minimum absolute atomic E-state index is 0.473. The van der Waals surface area contributed by atoms with Crippen LogP contribution in [0.2, 0.25) is 0 Å². The van der Waals surface area contributed by atoms with E-state index in [1.165, 1.54) is 23.1 Å². The van der Waals surface area contributed by atoms with Crippen LogP contribution < -0.4 is 0 Å². The summed E-state index contributed by atoms with van der Waals surface area (Å²) in [5.74, 6) is 0. The van der Waals surface area contributed by atoms with Gasteiger partial charge in [0.1, 0.15) is 0 Å². The van der Waals surface area contributed by atoms with Crippen LogP contribution in [0.1, 0.15) is 41.0 Å². The van der Waals surface area contributed by atoms with Gasteiger partial charge in [0.25, 0.3) is 0 Å². The van der Waals surface area contributed by atoms with Crippen LogP contribution in [0.15, 0.2) is 41.5 Å². The Balaban J connectivity index is 2.79. The van der Waals surface area contributed by atoms with Crippen molar-refractivity contribution in [1.29, 1.82) is 0 Å². The van der Waals surface area contributed by atoms with Gasteiger partial charge in [-0.2, -0.15) is 0 Å². The fourth-order valence-electron chi connectivity index (χ4n) is 1.60. The molecule has 0 atom stereocenters. The second-order valence-corrected chi connectivity index (χ2v) is 8.06. The van der Waals surface area contributed by atoms with E-state index in [9.17, 15) is 0 Å². The van der Waals surface area contributed by atoms with Gasteiger partial charge < -0.3 is 0 Å². The first-order valence-corrected chi connectivity index (χ1v) is 7.96. The topological polar surface area (TPSA) is 0 Å². The Morgan fingerprint density at radius 1 is 1.33 bits per heavy atom. The van der Waals surface area contributed by atoms with Gasteiger partial charge in [0.15, 0.2) is 0 Å². The molecule has 1 rings (SSSR count). The molecule has 15 heavy (non-hydrogen) atoms. The monoisotopic (exact) mass is 278 g/mol. The Labute approximate surface area is 105 Å². The van der Waals surface area contributed by atoms with E-state index >= 15 is 0 Å². The summed E-state index contributed by atoms with van der Waals surface area (Å²) in [7, 11) is 0. The van der Waals surface area contributed by atoms with Crippen LogP contribution in [-0.4, -0.2) is 0 Å². The molecule has 0 saturated heterocycles. The predicted octanol–water partition coefficient (Wildman–Crippen LogP) is 4.56. The van der Waals surface area contributed by atoms with E-state index < -0.39 is 23.2 Å². The summed E-state index contributed by atoms with van der Waals surface area (Å²) in [6.45, 7) is 11.2. The van der Waals surface area contributed by atoms with Gasteiger partial charge in [-0.05, 0) is 0 Å².